The van der Waals surface area contributed by atoms with E-state index in [1.807, 2.05) is 6.92 Å². The Morgan fingerprint density at radius 2 is 2.27 bits per heavy atom. The number of amidine groups is 1. The van der Waals surface area contributed by atoms with Crippen molar-refractivity contribution in [1.82, 2.24) is 4.98 Å². The monoisotopic (exact) mass is 225 g/mol. The Balaban J connectivity index is 2.50. The number of rotatable bonds is 2. The van der Waals surface area contributed by atoms with Gasteiger partial charge in [0.1, 0.15) is 10.7 Å². The summed E-state index contributed by atoms with van der Waals surface area (Å²) in [6.07, 6.45) is 4.34. The highest BCUT2D eigenvalue weighted by Gasteiger charge is 2.24. The maximum atomic E-state index is 11.7. The lowest BCUT2D eigenvalue weighted by molar-refractivity contribution is 0.597. The summed E-state index contributed by atoms with van der Waals surface area (Å²) in [5.41, 5.74) is 0.559. The summed E-state index contributed by atoms with van der Waals surface area (Å²) in [6, 6.07) is 1.64. The number of sulfonamides is 1. The van der Waals surface area contributed by atoms with E-state index in [1.165, 1.54) is 6.20 Å². The molecule has 0 amide bonds. The van der Waals surface area contributed by atoms with Gasteiger partial charge < -0.3 is 5.32 Å². The van der Waals surface area contributed by atoms with Crippen LogP contribution in [0, 0.1) is 0 Å². The van der Waals surface area contributed by atoms with E-state index in [2.05, 4.69) is 14.7 Å². The molecule has 15 heavy (non-hydrogen) atoms. The van der Waals surface area contributed by atoms with E-state index in [-0.39, 0.29) is 4.90 Å². The van der Waals surface area contributed by atoms with Crippen molar-refractivity contribution in [1.29, 1.82) is 0 Å². The molecule has 1 N–H and O–H groups in total. The van der Waals surface area contributed by atoms with Crippen LogP contribution in [0.25, 0.3) is 0 Å². The predicted molar refractivity (Wildman–Crippen MR) is 57.4 cm³/mol. The maximum absolute atomic E-state index is 11.7. The van der Waals surface area contributed by atoms with Crippen LogP contribution in [0.1, 0.15) is 19.8 Å². The third kappa shape index (κ3) is 1.85. The number of hydrogen-bond donors (Lipinski definition) is 1. The summed E-state index contributed by atoms with van der Waals surface area (Å²) in [5.74, 6) is 0.496. The number of pyridine rings is 1. The van der Waals surface area contributed by atoms with E-state index in [4.69, 9.17) is 0 Å². The summed E-state index contributed by atoms with van der Waals surface area (Å²) in [6.45, 7) is 1.97. The second-order valence-electron chi connectivity index (χ2n) is 3.26. The normalized spacial score (nSPS) is 17.5. The maximum Gasteiger partial charge on any atom is 0.287 e. The molecule has 0 bridgehead atoms. The molecular formula is C9H11N3O2S. The van der Waals surface area contributed by atoms with Crippen molar-refractivity contribution in [3.05, 3.63) is 18.5 Å². The van der Waals surface area contributed by atoms with Crippen molar-refractivity contribution < 1.29 is 8.42 Å². The van der Waals surface area contributed by atoms with Crippen molar-refractivity contribution in [2.24, 2.45) is 4.40 Å². The van der Waals surface area contributed by atoms with Gasteiger partial charge in [-0.05, 0) is 12.5 Å². The molecule has 5 nitrogen and oxygen atoms in total. The first kappa shape index (κ1) is 10.1. The highest BCUT2D eigenvalue weighted by atomic mass is 32.2. The third-order valence-electron chi connectivity index (χ3n) is 2.06. The lowest BCUT2D eigenvalue weighted by Gasteiger charge is -2.16. The Bertz CT molecular complexity index is 508. The fourth-order valence-electron chi connectivity index (χ4n) is 1.41. The Morgan fingerprint density at radius 1 is 1.47 bits per heavy atom. The van der Waals surface area contributed by atoms with Crippen LogP contribution in [0.3, 0.4) is 0 Å². The predicted octanol–water partition coefficient (Wildman–Crippen LogP) is 1.39. The molecule has 0 saturated carbocycles. The Morgan fingerprint density at radius 3 is 3.00 bits per heavy atom. The fraction of sp³-hybridized carbons (Fsp3) is 0.333. The molecule has 0 saturated heterocycles. The quantitative estimate of drug-likeness (QED) is 0.825. The molecule has 0 fully saturated rings. The molecular weight excluding hydrogens is 214 g/mol. The second-order valence-corrected chi connectivity index (χ2v) is 4.83. The van der Waals surface area contributed by atoms with Gasteiger partial charge in [-0.2, -0.15) is 8.42 Å². The number of hydrogen-bond acceptors (Lipinski definition) is 4. The highest BCUT2D eigenvalue weighted by molar-refractivity contribution is 7.90. The zero-order valence-electron chi connectivity index (χ0n) is 8.27. The van der Waals surface area contributed by atoms with Gasteiger partial charge in [-0.15, -0.1) is 4.40 Å². The van der Waals surface area contributed by atoms with E-state index >= 15 is 0 Å². The molecule has 6 heteroatoms. The number of nitrogens with zero attached hydrogens (tertiary/aromatic N) is 2. The first-order chi connectivity index (χ1) is 7.13. The largest absolute Gasteiger partial charge is 0.342 e. The van der Waals surface area contributed by atoms with Crippen molar-refractivity contribution in [2.45, 2.75) is 24.7 Å². The molecule has 0 spiro atoms. The molecule has 1 aliphatic rings. The van der Waals surface area contributed by atoms with Crippen molar-refractivity contribution in [3.63, 3.8) is 0 Å². The van der Waals surface area contributed by atoms with Crippen LogP contribution in [0.4, 0.5) is 5.69 Å². The van der Waals surface area contributed by atoms with Crippen molar-refractivity contribution in [2.75, 3.05) is 5.32 Å². The Hall–Kier alpha value is -1.43. The number of fused-ring (bicyclic) bond motifs is 1. The molecule has 0 aliphatic carbocycles. The summed E-state index contributed by atoms with van der Waals surface area (Å²) in [4.78, 5) is 3.92. The van der Waals surface area contributed by atoms with Crippen LogP contribution < -0.4 is 5.32 Å². The van der Waals surface area contributed by atoms with Gasteiger partial charge in [0.15, 0.2) is 0 Å². The van der Waals surface area contributed by atoms with E-state index in [0.29, 0.717) is 17.9 Å². The van der Waals surface area contributed by atoms with Gasteiger partial charge in [0.05, 0.1) is 5.69 Å². The minimum absolute atomic E-state index is 0.143. The number of anilines is 1. The standard InChI is InChI=1S/C9H11N3O2S/c1-2-3-9-11-7-4-5-10-6-8(7)15(13,14)12-9/h4-6H,2-3H2,1H3,(H,11,12). The van der Waals surface area contributed by atoms with Gasteiger partial charge in [0, 0.05) is 18.8 Å². The average molecular weight is 225 g/mol. The van der Waals surface area contributed by atoms with Gasteiger partial charge >= 0.3 is 0 Å². The summed E-state index contributed by atoms with van der Waals surface area (Å²) < 4.78 is 27.1. The molecule has 2 rings (SSSR count). The lowest BCUT2D eigenvalue weighted by atomic mass is 10.3. The van der Waals surface area contributed by atoms with E-state index < -0.39 is 10.0 Å². The number of nitrogens with one attached hydrogen (secondary N) is 1. The van der Waals surface area contributed by atoms with Gasteiger partial charge in [0.25, 0.3) is 10.0 Å². The molecule has 1 aromatic heterocycles. The Kier molecular flexibility index (Phi) is 2.44. The molecule has 80 valence electrons. The molecule has 0 aromatic carbocycles. The summed E-state index contributed by atoms with van der Waals surface area (Å²) in [5, 5.41) is 2.98. The molecule has 1 aliphatic heterocycles. The third-order valence-corrected chi connectivity index (χ3v) is 3.40. The van der Waals surface area contributed by atoms with Gasteiger partial charge in [0.2, 0.25) is 0 Å². The molecule has 0 atom stereocenters. The smallest absolute Gasteiger partial charge is 0.287 e. The van der Waals surface area contributed by atoms with Crippen LogP contribution in [-0.2, 0) is 10.0 Å². The zero-order chi connectivity index (χ0) is 10.9. The van der Waals surface area contributed by atoms with Crippen LogP contribution >= 0.6 is 0 Å². The first-order valence-corrected chi connectivity index (χ1v) is 6.12. The van der Waals surface area contributed by atoms with Crippen LogP contribution in [-0.4, -0.2) is 19.2 Å². The SMILES string of the molecule is CCCC1=NS(=O)(=O)c2cnccc2N1. The van der Waals surface area contributed by atoms with Crippen molar-refractivity contribution >= 4 is 21.5 Å². The molecule has 0 radical (unpaired) electrons. The average Bonchev–Trinajstić information content (AvgIpc) is 2.17. The van der Waals surface area contributed by atoms with Crippen molar-refractivity contribution in [3.8, 4) is 0 Å². The van der Waals surface area contributed by atoms with Crippen LogP contribution in [0.5, 0.6) is 0 Å². The zero-order valence-corrected chi connectivity index (χ0v) is 9.08. The van der Waals surface area contributed by atoms with Gasteiger partial charge in [-0.1, -0.05) is 6.92 Å². The summed E-state index contributed by atoms with van der Waals surface area (Å²) >= 11 is 0. The van der Waals surface area contributed by atoms with E-state index in [1.54, 1.807) is 12.3 Å². The van der Waals surface area contributed by atoms with Gasteiger partial charge in [-0.3, -0.25) is 4.98 Å². The second kappa shape index (κ2) is 3.62. The molecule has 1 aromatic rings. The van der Waals surface area contributed by atoms with Crippen LogP contribution in [0.2, 0.25) is 0 Å². The minimum Gasteiger partial charge on any atom is -0.342 e. The van der Waals surface area contributed by atoms with Crippen LogP contribution in [0.15, 0.2) is 27.8 Å². The minimum atomic E-state index is -3.55. The lowest BCUT2D eigenvalue weighted by Crippen LogP contribution is -2.21. The fourth-order valence-corrected chi connectivity index (χ4v) is 2.52. The topological polar surface area (TPSA) is 71.4 Å². The van der Waals surface area contributed by atoms with E-state index in [9.17, 15) is 8.42 Å². The highest BCUT2D eigenvalue weighted by Crippen LogP contribution is 2.26. The summed E-state index contributed by atoms with van der Waals surface area (Å²) in [7, 11) is -3.55. The molecule has 2 heterocycles. The number of aromatic nitrogens is 1. The first-order valence-electron chi connectivity index (χ1n) is 4.68. The van der Waals surface area contributed by atoms with Gasteiger partial charge in [-0.25, -0.2) is 0 Å². The molecule has 0 unspecified atom stereocenters. The Labute approximate surface area is 88.3 Å². The van der Waals surface area contributed by atoms with E-state index in [0.717, 1.165) is 6.42 Å².